The maximum Gasteiger partial charge on any atom is 0.299 e. The molecule has 7 heteroatoms. The predicted molar refractivity (Wildman–Crippen MR) is 82.8 cm³/mol. The lowest BCUT2D eigenvalue weighted by atomic mass is 10.2. The van der Waals surface area contributed by atoms with Crippen LogP contribution < -0.4 is 15.2 Å². The van der Waals surface area contributed by atoms with Gasteiger partial charge < -0.3 is 5.73 Å². The number of nitrogens with two attached hydrogens (primary N) is 1. The van der Waals surface area contributed by atoms with Gasteiger partial charge in [0.15, 0.2) is 0 Å². The minimum Gasteiger partial charge on any atom is -0.320 e. The van der Waals surface area contributed by atoms with E-state index in [1.807, 2.05) is 13.8 Å². The fourth-order valence-electron chi connectivity index (χ4n) is 1.31. The molecule has 0 atom stereocenters. The molecule has 0 aliphatic rings. The number of benzene rings is 1. The van der Waals surface area contributed by atoms with Crippen LogP contribution >= 0.6 is 11.6 Å². The van der Waals surface area contributed by atoms with E-state index in [1.165, 1.54) is 6.07 Å². The molecule has 0 unspecified atom stereocenters. The Labute approximate surface area is 125 Å². The first-order chi connectivity index (χ1) is 9.34. The smallest absolute Gasteiger partial charge is 0.299 e. The van der Waals surface area contributed by atoms with E-state index < -0.39 is 10.2 Å². The van der Waals surface area contributed by atoms with E-state index in [1.54, 1.807) is 12.1 Å². The molecule has 0 aromatic heterocycles. The van der Waals surface area contributed by atoms with Crippen molar-refractivity contribution in [3.8, 4) is 11.8 Å². The second-order valence-corrected chi connectivity index (χ2v) is 6.48. The van der Waals surface area contributed by atoms with E-state index in [0.29, 0.717) is 22.8 Å². The van der Waals surface area contributed by atoms with Gasteiger partial charge in [0.1, 0.15) is 0 Å². The summed E-state index contributed by atoms with van der Waals surface area (Å²) in [7, 11) is -3.65. The molecule has 0 radical (unpaired) electrons. The molecule has 20 heavy (non-hydrogen) atoms. The molecule has 4 N–H and O–H groups in total. The van der Waals surface area contributed by atoms with Crippen LogP contribution in [-0.2, 0) is 10.2 Å². The molecule has 0 fully saturated rings. The van der Waals surface area contributed by atoms with Gasteiger partial charge in [0.05, 0.1) is 12.2 Å². The Hall–Kier alpha value is -1.26. The van der Waals surface area contributed by atoms with Crippen LogP contribution in [0.3, 0.4) is 0 Å². The molecule has 0 amide bonds. The fourth-order valence-corrected chi connectivity index (χ4v) is 2.57. The van der Waals surface area contributed by atoms with Gasteiger partial charge in [0, 0.05) is 17.1 Å². The number of hydrogen-bond acceptors (Lipinski definition) is 3. The van der Waals surface area contributed by atoms with Crippen molar-refractivity contribution >= 4 is 27.5 Å². The summed E-state index contributed by atoms with van der Waals surface area (Å²) in [6.45, 7) is 4.38. The Morgan fingerprint density at radius 3 is 2.70 bits per heavy atom. The molecule has 1 aromatic rings. The molecule has 0 saturated heterocycles. The first-order valence-corrected chi connectivity index (χ1v) is 7.96. The second-order valence-electron chi connectivity index (χ2n) is 4.54. The van der Waals surface area contributed by atoms with Gasteiger partial charge >= 0.3 is 0 Å². The lowest BCUT2D eigenvalue weighted by Crippen LogP contribution is -2.33. The standard InChI is InChI=1S/C13H18ClN3O2S/c1-10(2)9-16-20(18,19)17-13-8-12(14)6-5-11(13)4-3-7-15/h5-6,8,10,16-17H,7,9,15H2,1-2H3. The summed E-state index contributed by atoms with van der Waals surface area (Å²) < 4.78 is 28.7. The molecule has 5 nitrogen and oxygen atoms in total. The summed E-state index contributed by atoms with van der Waals surface area (Å²) >= 11 is 5.88. The monoisotopic (exact) mass is 315 g/mol. The van der Waals surface area contributed by atoms with Gasteiger partial charge in [0.25, 0.3) is 10.2 Å². The number of hydrogen-bond donors (Lipinski definition) is 3. The van der Waals surface area contributed by atoms with Crippen molar-refractivity contribution in [2.24, 2.45) is 11.7 Å². The minimum absolute atomic E-state index is 0.195. The van der Waals surface area contributed by atoms with Crippen molar-refractivity contribution in [2.75, 3.05) is 17.8 Å². The Morgan fingerprint density at radius 1 is 1.40 bits per heavy atom. The maximum atomic E-state index is 11.9. The third-order valence-electron chi connectivity index (χ3n) is 2.23. The zero-order valence-corrected chi connectivity index (χ0v) is 13.0. The van der Waals surface area contributed by atoms with Gasteiger partial charge in [-0.3, -0.25) is 4.72 Å². The lowest BCUT2D eigenvalue weighted by Gasteiger charge is -2.12. The summed E-state index contributed by atoms with van der Waals surface area (Å²) in [6.07, 6.45) is 0. The van der Waals surface area contributed by atoms with Crippen LogP contribution in [0.4, 0.5) is 5.69 Å². The molecular weight excluding hydrogens is 298 g/mol. The summed E-state index contributed by atoms with van der Waals surface area (Å²) in [5.41, 5.74) is 6.17. The van der Waals surface area contributed by atoms with Crippen molar-refractivity contribution < 1.29 is 8.42 Å². The van der Waals surface area contributed by atoms with E-state index in [-0.39, 0.29) is 12.5 Å². The van der Waals surface area contributed by atoms with Crippen molar-refractivity contribution in [2.45, 2.75) is 13.8 Å². The molecule has 0 spiro atoms. The number of rotatable bonds is 5. The highest BCUT2D eigenvalue weighted by Crippen LogP contribution is 2.21. The van der Waals surface area contributed by atoms with Gasteiger partial charge in [-0.25, -0.2) is 0 Å². The minimum atomic E-state index is -3.65. The van der Waals surface area contributed by atoms with E-state index >= 15 is 0 Å². The highest BCUT2D eigenvalue weighted by Gasteiger charge is 2.12. The SMILES string of the molecule is CC(C)CNS(=O)(=O)Nc1cc(Cl)ccc1C#CCN. The largest absolute Gasteiger partial charge is 0.320 e. The maximum absolute atomic E-state index is 11.9. The molecule has 0 aliphatic heterocycles. The Kier molecular flexibility index (Phi) is 6.30. The summed E-state index contributed by atoms with van der Waals surface area (Å²) in [5, 5.41) is 0.421. The molecule has 110 valence electrons. The van der Waals surface area contributed by atoms with Crippen molar-refractivity contribution in [3.63, 3.8) is 0 Å². The predicted octanol–water partition coefficient (Wildman–Crippen LogP) is 1.55. The van der Waals surface area contributed by atoms with E-state index in [4.69, 9.17) is 17.3 Å². The third-order valence-corrected chi connectivity index (χ3v) is 3.50. The molecule has 0 bridgehead atoms. The fraction of sp³-hybridized carbons (Fsp3) is 0.385. The topological polar surface area (TPSA) is 84.2 Å². The Balaban J connectivity index is 2.98. The summed E-state index contributed by atoms with van der Waals surface area (Å²) in [5.74, 6) is 5.69. The van der Waals surface area contributed by atoms with Gasteiger partial charge in [-0.05, 0) is 24.1 Å². The van der Waals surface area contributed by atoms with Gasteiger partial charge in [-0.1, -0.05) is 37.3 Å². The van der Waals surface area contributed by atoms with Crippen molar-refractivity contribution in [1.29, 1.82) is 0 Å². The first-order valence-electron chi connectivity index (χ1n) is 6.10. The molecular formula is C13H18ClN3O2S. The van der Waals surface area contributed by atoms with Crippen LogP contribution in [0.15, 0.2) is 18.2 Å². The molecule has 0 saturated carbocycles. The Bertz CT molecular complexity index is 618. The van der Waals surface area contributed by atoms with Crippen molar-refractivity contribution in [3.05, 3.63) is 28.8 Å². The van der Waals surface area contributed by atoms with Crippen LogP contribution in [-0.4, -0.2) is 21.5 Å². The van der Waals surface area contributed by atoms with Gasteiger partial charge in [-0.2, -0.15) is 13.1 Å². The van der Waals surface area contributed by atoms with Crippen LogP contribution in [0.5, 0.6) is 0 Å². The zero-order chi connectivity index (χ0) is 15.2. The van der Waals surface area contributed by atoms with E-state index in [9.17, 15) is 8.42 Å². The third kappa shape index (κ3) is 5.80. The van der Waals surface area contributed by atoms with Crippen LogP contribution in [0.1, 0.15) is 19.4 Å². The average molecular weight is 316 g/mol. The van der Waals surface area contributed by atoms with Crippen LogP contribution in [0.2, 0.25) is 5.02 Å². The van der Waals surface area contributed by atoms with Crippen LogP contribution in [0.25, 0.3) is 0 Å². The highest BCUT2D eigenvalue weighted by atomic mass is 35.5. The first kappa shape index (κ1) is 16.8. The lowest BCUT2D eigenvalue weighted by molar-refractivity contribution is 0.565. The van der Waals surface area contributed by atoms with Crippen molar-refractivity contribution in [1.82, 2.24) is 4.72 Å². The summed E-state index contributed by atoms with van der Waals surface area (Å²) in [4.78, 5) is 0. The normalized spacial score (nSPS) is 11.1. The number of halogens is 1. The molecule has 0 aliphatic carbocycles. The molecule has 1 aromatic carbocycles. The molecule has 0 heterocycles. The quantitative estimate of drug-likeness (QED) is 0.721. The van der Waals surface area contributed by atoms with Crippen LogP contribution in [0, 0.1) is 17.8 Å². The highest BCUT2D eigenvalue weighted by molar-refractivity contribution is 7.90. The number of nitrogens with one attached hydrogen (secondary N) is 2. The second kappa shape index (κ2) is 7.50. The molecule has 1 rings (SSSR count). The Morgan fingerprint density at radius 2 is 2.10 bits per heavy atom. The van der Waals surface area contributed by atoms with E-state index in [0.717, 1.165) is 0 Å². The summed E-state index contributed by atoms with van der Waals surface area (Å²) in [6, 6.07) is 4.80. The van der Waals surface area contributed by atoms with Gasteiger partial charge in [0.2, 0.25) is 0 Å². The number of anilines is 1. The average Bonchev–Trinajstić information content (AvgIpc) is 2.35. The van der Waals surface area contributed by atoms with E-state index in [2.05, 4.69) is 21.3 Å². The zero-order valence-electron chi connectivity index (χ0n) is 11.4. The van der Waals surface area contributed by atoms with Gasteiger partial charge in [-0.15, -0.1) is 0 Å².